The maximum atomic E-state index is 11.5. The third kappa shape index (κ3) is 2.98. The lowest BCUT2D eigenvalue weighted by atomic mass is 10.2. The van der Waals surface area contributed by atoms with Gasteiger partial charge in [-0.1, -0.05) is 6.92 Å². The van der Waals surface area contributed by atoms with Crippen LogP contribution in [0.3, 0.4) is 0 Å². The molecule has 0 radical (unpaired) electrons. The molecule has 6 heteroatoms. The number of halogens is 1. The molecule has 1 atom stereocenters. The lowest BCUT2D eigenvalue weighted by Crippen LogP contribution is -2.10. The summed E-state index contributed by atoms with van der Waals surface area (Å²) in [5.41, 5.74) is 0.504. The molecule has 0 amide bonds. The normalized spacial score (nSPS) is 13.4. The number of ether oxygens (including phenoxy) is 1. The summed E-state index contributed by atoms with van der Waals surface area (Å²) < 4.78 is 28.8. The first kappa shape index (κ1) is 14.1. The summed E-state index contributed by atoms with van der Waals surface area (Å²) in [7, 11) is 1.62. The zero-order chi connectivity index (χ0) is 14.0. The highest BCUT2D eigenvalue weighted by atomic mass is 35.7. The fourth-order valence-electron chi connectivity index (χ4n) is 1.73. The largest absolute Gasteiger partial charge is 0.488 e. The van der Waals surface area contributed by atoms with Crippen molar-refractivity contribution in [3.8, 4) is 5.75 Å². The Bertz CT molecular complexity index is 700. The van der Waals surface area contributed by atoms with Gasteiger partial charge in [-0.3, -0.25) is 4.98 Å². The highest BCUT2D eigenvalue weighted by Crippen LogP contribution is 2.31. The molecule has 2 aromatic rings. The predicted octanol–water partition coefficient (Wildman–Crippen LogP) is 3.34. The van der Waals surface area contributed by atoms with Crippen molar-refractivity contribution in [3.63, 3.8) is 0 Å². The summed E-state index contributed by atoms with van der Waals surface area (Å²) >= 11 is 0. The van der Waals surface area contributed by atoms with Gasteiger partial charge in [0.05, 0.1) is 11.0 Å². The summed E-state index contributed by atoms with van der Waals surface area (Å²) in [6.45, 7) is 3.96. The van der Waals surface area contributed by atoms with Crippen LogP contribution < -0.4 is 4.74 Å². The minimum atomic E-state index is -3.80. The van der Waals surface area contributed by atoms with Gasteiger partial charge in [-0.25, -0.2) is 8.42 Å². The number of fused-ring (bicyclic) bond motifs is 1. The van der Waals surface area contributed by atoms with E-state index in [2.05, 4.69) is 4.98 Å². The van der Waals surface area contributed by atoms with E-state index in [1.807, 2.05) is 13.8 Å². The molecule has 1 heterocycles. The second-order valence-electron chi connectivity index (χ2n) is 4.24. The molecule has 19 heavy (non-hydrogen) atoms. The molecule has 1 unspecified atom stereocenters. The van der Waals surface area contributed by atoms with Crippen LogP contribution in [0.2, 0.25) is 0 Å². The van der Waals surface area contributed by atoms with Crippen LogP contribution in [-0.4, -0.2) is 19.5 Å². The van der Waals surface area contributed by atoms with Crippen molar-refractivity contribution >= 4 is 30.6 Å². The van der Waals surface area contributed by atoms with E-state index >= 15 is 0 Å². The Labute approximate surface area is 116 Å². The third-order valence-corrected chi connectivity index (χ3v) is 4.24. The van der Waals surface area contributed by atoms with Gasteiger partial charge in [-0.2, -0.15) is 0 Å². The minimum absolute atomic E-state index is 0.0312. The number of benzene rings is 1. The van der Waals surface area contributed by atoms with Gasteiger partial charge in [-0.15, -0.1) is 0 Å². The van der Waals surface area contributed by atoms with Crippen LogP contribution in [-0.2, 0) is 9.05 Å². The summed E-state index contributed by atoms with van der Waals surface area (Å²) in [5.74, 6) is 0.564. The molecule has 1 aromatic carbocycles. The van der Waals surface area contributed by atoms with Crippen molar-refractivity contribution in [2.75, 3.05) is 0 Å². The SMILES string of the molecule is CCC(C)Oc1ccc(S(=O)(=O)Cl)c2cccnc12. The fourth-order valence-corrected chi connectivity index (χ4v) is 2.79. The second kappa shape index (κ2) is 5.35. The van der Waals surface area contributed by atoms with Gasteiger partial charge < -0.3 is 4.74 Å². The molecular weight excluding hydrogens is 286 g/mol. The molecule has 0 bridgehead atoms. The zero-order valence-corrected chi connectivity index (χ0v) is 12.2. The Hall–Kier alpha value is -1.33. The average Bonchev–Trinajstić information content (AvgIpc) is 2.37. The van der Waals surface area contributed by atoms with E-state index in [-0.39, 0.29) is 11.0 Å². The first-order chi connectivity index (χ1) is 8.93. The number of hydrogen-bond acceptors (Lipinski definition) is 4. The molecule has 0 aliphatic carbocycles. The molecule has 102 valence electrons. The third-order valence-electron chi connectivity index (χ3n) is 2.86. The molecule has 0 saturated carbocycles. The molecule has 0 aliphatic heterocycles. The van der Waals surface area contributed by atoms with Crippen LogP contribution in [0.15, 0.2) is 35.4 Å². The summed E-state index contributed by atoms with van der Waals surface area (Å²) in [4.78, 5) is 4.24. The molecule has 4 nitrogen and oxygen atoms in total. The highest BCUT2D eigenvalue weighted by molar-refractivity contribution is 8.14. The van der Waals surface area contributed by atoms with E-state index < -0.39 is 9.05 Å². The number of nitrogens with zero attached hydrogens (tertiary/aromatic N) is 1. The van der Waals surface area contributed by atoms with E-state index in [1.54, 1.807) is 24.4 Å². The number of pyridine rings is 1. The summed E-state index contributed by atoms with van der Waals surface area (Å²) in [6.07, 6.45) is 2.48. The second-order valence-corrected chi connectivity index (χ2v) is 6.77. The van der Waals surface area contributed by atoms with E-state index in [0.717, 1.165) is 6.42 Å². The summed E-state index contributed by atoms with van der Waals surface area (Å²) in [6, 6.07) is 6.38. The van der Waals surface area contributed by atoms with Crippen molar-refractivity contribution in [1.29, 1.82) is 0 Å². The first-order valence-electron chi connectivity index (χ1n) is 5.92. The Balaban J connectivity index is 2.65. The molecule has 0 spiro atoms. The van der Waals surface area contributed by atoms with Crippen molar-refractivity contribution in [3.05, 3.63) is 30.5 Å². The topological polar surface area (TPSA) is 56.3 Å². The average molecular weight is 300 g/mol. The van der Waals surface area contributed by atoms with Gasteiger partial charge in [0.1, 0.15) is 11.3 Å². The van der Waals surface area contributed by atoms with Gasteiger partial charge >= 0.3 is 0 Å². The molecule has 1 aromatic heterocycles. The molecule has 0 fully saturated rings. The number of rotatable bonds is 4. The van der Waals surface area contributed by atoms with Gasteiger partial charge in [0.2, 0.25) is 0 Å². The quantitative estimate of drug-likeness (QED) is 0.813. The monoisotopic (exact) mass is 299 g/mol. The van der Waals surface area contributed by atoms with Crippen LogP contribution in [0.1, 0.15) is 20.3 Å². The van der Waals surface area contributed by atoms with Crippen molar-refractivity contribution < 1.29 is 13.2 Å². The van der Waals surface area contributed by atoms with Gasteiger partial charge in [-0.05, 0) is 37.6 Å². The van der Waals surface area contributed by atoms with Crippen LogP contribution in [0.5, 0.6) is 5.75 Å². The summed E-state index contributed by atoms with van der Waals surface area (Å²) in [5, 5.41) is 0.471. The zero-order valence-electron chi connectivity index (χ0n) is 10.6. The Morgan fingerprint density at radius 2 is 2.11 bits per heavy atom. The molecular formula is C13H14ClNO3S. The lowest BCUT2D eigenvalue weighted by molar-refractivity contribution is 0.220. The van der Waals surface area contributed by atoms with Gasteiger partial charge in [0.15, 0.2) is 0 Å². The van der Waals surface area contributed by atoms with Crippen molar-refractivity contribution in [2.45, 2.75) is 31.3 Å². The molecule has 0 N–H and O–H groups in total. The Morgan fingerprint density at radius 3 is 2.74 bits per heavy atom. The van der Waals surface area contributed by atoms with Crippen molar-refractivity contribution in [1.82, 2.24) is 4.98 Å². The van der Waals surface area contributed by atoms with Gasteiger partial charge in [0.25, 0.3) is 9.05 Å². The molecule has 2 rings (SSSR count). The number of aromatic nitrogens is 1. The van der Waals surface area contributed by atoms with E-state index in [4.69, 9.17) is 15.4 Å². The van der Waals surface area contributed by atoms with E-state index in [9.17, 15) is 8.42 Å². The maximum absolute atomic E-state index is 11.5. The standard InChI is InChI=1S/C13H14ClNO3S/c1-3-9(2)18-11-6-7-12(19(14,16)17)10-5-4-8-15-13(10)11/h4-9H,3H2,1-2H3. The number of hydrogen-bond donors (Lipinski definition) is 0. The minimum Gasteiger partial charge on any atom is -0.488 e. The van der Waals surface area contributed by atoms with Crippen LogP contribution in [0.25, 0.3) is 10.9 Å². The van der Waals surface area contributed by atoms with E-state index in [1.165, 1.54) is 6.07 Å². The predicted molar refractivity (Wildman–Crippen MR) is 75.2 cm³/mol. The Kier molecular flexibility index (Phi) is 3.96. The molecule has 0 saturated heterocycles. The van der Waals surface area contributed by atoms with Crippen molar-refractivity contribution in [2.24, 2.45) is 0 Å². The Morgan fingerprint density at radius 1 is 1.37 bits per heavy atom. The van der Waals surface area contributed by atoms with Gasteiger partial charge in [0, 0.05) is 22.3 Å². The smallest absolute Gasteiger partial charge is 0.261 e. The lowest BCUT2D eigenvalue weighted by Gasteiger charge is -2.14. The van der Waals surface area contributed by atoms with E-state index in [0.29, 0.717) is 16.7 Å². The van der Waals surface area contributed by atoms with Crippen LogP contribution in [0, 0.1) is 0 Å². The fraction of sp³-hybridized carbons (Fsp3) is 0.308. The molecule has 0 aliphatic rings. The van der Waals surface area contributed by atoms with Crippen LogP contribution >= 0.6 is 10.7 Å². The maximum Gasteiger partial charge on any atom is 0.261 e. The first-order valence-corrected chi connectivity index (χ1v) is 8.23. The van der Waals surface area contributed by atoms with Crippen LogP contribution in [0.4, 0.5) is 0 Å². The highest BCUT2D eigenvalue weighted by Gasteiger charge is 2.17.